The molecule has 2 N–H and O–H groups in total. The normalized spacial score (nSPS) is 13.1. The summed E-state index contributed by atoms with van der Waals surface area (Å²) in [4.78, 5) is 0. The van der Waals surface area contributed by atoms with E-state index < -0.39 is 0 Å². The number of hydrogen-bond donors (Lipinski definition) is 2. The van der Waals surface area contributed by atoms with Gasteiger partial charge in [0.05, 0.1) is 0 Å². The summed E-state index contributed by atoms with van der Waals surface area (Å²) in [7, 11) is 0. The van der Waals surface area contributed by atoms with Crippen molar-refractivity contribution in [3.63, 3.8) is 0 Å². The van der Waals surface area contributed by atoms with E-state index in [4.69, 9.17) is 0 Å². The van der Waals surface area contributed by atoms with Crippen LogP contribution >= 0.6 is 15.9 Å². The lowest BCUT2D eigenvalue weighted by Gasteiger charge is -2.17. The summed E-state index contributed by atoms with van der Waals surface area (Å²) < 4.78 is 1.19. The van der Waals surface area contributed by atoms with Crippen molar-refractivity contribution < 1.29 is 0 Å². The van der Waals surface area contributed by atoms with Gasteiger partial charge in [0.1, 0.15) is 0 Å². The van der Waals surface area contributed by atoms with E-state index in [1.807, 2.05) is 0 Å². The molecule has 0 aromatic heterocycles. The van der Waals surface area contributed by atoms with Crippen LogP contribution in [0.25, 0.3) is 0 Å². The summed E-state index contributed by atoms with van der Waals surface area (Å²) in [5.74, 6) is 0. The van der Waals surface area contributed by atoms with Crippen molar-refractivity contribution in [3.05, 3.63) is 33.8 Å². The molecule has 0 aliphatic carbocycles. The van der Waals surface area contributed by atoms with Crippen LogP contribution < -0.4 is 10.6 Å². The van der Waals surface area contributed by atoms with Crippen LogP contribution in [0.2, 0.25) is 0 Å². The van der Waals surface area contributed by atoms with Crippen LogP contribution in [0.4, 0.5) is 0 Å². The highest BCUT2D eigenvalue weighted by Gasteiger charge is 2.04. The van der Waals surface area contributed by atoms with Crippen molar-refractivity contribution in [1.29, 1.82) is 0 Å². The van der Waals surface area contributed by atoms with Crippen LogP contribution in [-0.4, -0.2) is 18.6 Å². The first-order chi connectivity index (χ1) is 7.99. The Kier molecular flexibility index (Phi) is 6.17. The minimum Gasteiger partial charge on any atom is -0.313 e. The van der Waals surface area contributed by atoms with E-state index in [2.05, 4.69) is 72.5 Å². The lowest BCUT2D eigenvalue weighted by Crippen LogP contribution is -2.38. The molecule has 1 atom stereocenters. The van der Waals surface area contributed by atoms with Gasteiger partial charge in [-0.2, -0.15) is 0 Å². The zero-order valence-electron chi connectivity index (χ0n) is 11.2. The quantitative estimate of drug-likeness (QED) is 0.842. The summed E-state index contributed by atoms with van der Waals surface area (Å²) in [5, 5.41) is 6.95. The first-order valence-corrected chi connectivity index (χ1v) is 7.00. The van der Waals surface area contributed by atoms with Crippen molar-refractivity contribution >= 4 is 15.9 Å². The minimum atomic E-state index is 0.477. The minimum absolute atomic E-state index is 0.477. The SMILES string of the molecule is Cc1ccc(CNC(C)CNC(C)C)c(Br)c1. The maximum Gasteiger partial charge on any atom is 0.0222 e. The number of hydrogen-bond acceptors (Lipinski definition) is 2. The van der Waals surface area contributed by atoms with Crippen LogP contribution in [0.15, 0.2) is 22.7 Å². The number of rotatable bonds is 6. The van der Waals surface area contributed by atoms with Crippen molar-refractivity contribution in [3.8, 4) is 0 Å². The summed E-state index contributed by atoms with van der Waals surface area (Å²) in [6.45, 7) is 10.6. The third kappa shape index (κ3) is 5.66. The van der Waals surface area contributed by atoms with Crippen LogP contribution in [-0.2, 0) is 6.54 Å². The van der Waals surface area contributed by atoms with Gasteiger partial charge in [0.15, 0.2) is 0 Å². The molecule has 0 radical (unpaired) electrons. The molecule has 17 heavy (non-hydrogen) atoms. The molecular formula is C14H23BrN2. The second-order valence-corrected chi connectivity index (χ2v) is 5.79. The molecule has 1 aromatic rings. The van der Waals surface area contributed by atoms with Gasteiger partial charge in [0.2, 0.25) is 0 Å². The summed E-state index contributed by atoms with van der Waals surface area (Å²) in [6, 6.07) is 7.51. The van der Waals surface area contributed by atoms with Gasteiger partial charge in [0, 0.05) is 29.6 Å². The Hall–Kier alpha value is -0.380. The van der Waals surface area contributed by atoms with Crippen molar-refractivity contribution in [2.24, 2.45) is 0 Å². The van der Waals surface area contributed by atoms with Gasteiger partial charge in [-0.05, 0) is 31.0 Å². The molecule has 0 aliphatic rings. The number of aryl methyl sites for hydroxylation is 1. The first kappa shape index (κ1) is 14.7. The van der Waals surface area contributed by atoms with E-state index >= 15 is 0 Å². The Balaban J connectivity index is 2.39. The average Bonchev–Trinajstić information content (AvgIpc) is 2.25. The molecule has 0 aliphatic heterocycles. The van der Waals surface area contributed by atoms with Crippen molar-refractivity contribution in [1.82, 2.24) is 10.6 Å². The summed E-state index contributed by atoms with van der Waals surface area (Å²) in [5.41, 5.74) is 2.60. The molecule has 3 heteroatoms. The average molecular weight is 299 g/mol. The number of benzene rings is 1. The van der Waals surface area contributed by atoms with Crippen LogP contribution in [0, 0.1) is 6.92 Å². The molecule has 96 valence electrons. The fourth-order valence-electron chi connectivity index (χ4n) is 1.56. The van der Waals surface area contributed by atoms with Gasteiger partial charge in [-0.15, -0.1) is 0 Å². The fourth-order valence-corrected chi connectivity index (χ4v) is 2.20. The van der Waals surface area contributed by atoms with Gasteiger partial charge in [-0.25, -0.2) is 0 Å². The third-order valence-electron chi connectivity index (χ3n) is 2.68. The Morgan fingerprint density at radius 1 is 1.18 bits per heavy atom. The summed E-state index contributed by atoms with van der Waals surface area (Å²) >= 11 is 3.60. The molecule has 1 aromatic carbocycles. The van der Waals surface area contributed by atoms with Crippen LogP contribution in [0.5, 0.6) is 0 Å². The highest BCUT2D eigenvalue weighted by atomic mass is 79.9. The predicted molar refractivity (Wildman–Crippen MR) is 78.3 cm³/mol. The lowest BCUT2D eigenvalue weighted by molar-refractivity contribution is 0.473. The smallest absolute Gasteiger partial charge is 0.0222 e. The molecule has 0 heterocycles. The second-order valence-electron chi connectivity index (χ2n) is 4.94. The predicted octanol–water partition coefficient (Wildman–Crippen LogP) is 3.23. The summed E-state index contributed by atoms with van der Waals surface area (Å²) in [6.07, 6.45) is 0. The van der Waals surface area contributed by atoms with E-state index in [1.165, 1.54) is 15.6 Å². The van der Waals surface area contributed by atoms with Gasteiger partial charge in [0.25, 0.3) is 0 Å². The molecule has 0 saturated heterocycles. The topological polar surface area (TPSA) is 24.1 Å². The highest BCUT2D eigenvalue weighted by Crippen LogP contribution is 2.18. The van der Waals surface area contributed by atoms with Gasteiger partial charge >= 0.3 is 0 Å². The molecule has 0 spiro atoms. The molecular weight excluding hydrogens is 276 g/mol. The molecule has 1 rings (SSSR count). The van der Waals surface area contributed by atoms with E-state index in [1.54, 1.807) is 0 Å². The molecule has 0 fully saturated rings. The van der Waals surface area contributed by atoms with Crippen LogP contribution in [0.1, 0.15) is 31.9 Å². The van der Waals surface area contributed by atoms with Gasteiger partial charge < -0.3 is 10.6 Å². The molecule has 0 saturated carbocycles. The van der Waals surface area contributed by atoms with Crippen molar-refractivity contribution in [2.45, 2.75) is 46.3 Å². The van der Waals surface area contributed by atoms with Crippen LogP contribution in [0.3, 0.4) is 0 Å². The largest absolute Gasteiger partial charge is 0.313 e. The van der Waals surface area contributed by atoms with Gasteiger partial charge in [-0.1, -0.05) is 41.9 Å². The Morgan fingerprint density at radius 3 is 2.47 bits per heavy atom. The molecule has 0 bridgehead atoms. The Labute approximate surface area is 113 Å². The first-order valence-electron chi connectivity index (χ1n) is 6.21. The van der Waals surface area contributed by atoms with E-state index in [9.17, 15) is 0 Å². The van der Waals surface area contributed by atoms with Gasteiger partial charge in [-0.3, -0.25) is 0 Å². The van der Waals surface area contributed by atoms with E-state index in [0.717, 1.165) is 13.1 Å². The second kappa shape index (κ2) is 7.14. The maximum atomic E-state index is 3.60. The Bertz CT molecular complexity index is 350. The fraction of sp³-hybridized carbons (Fsp3) is 0.571. The molecule has 2 nitrogen and oxygen atoms in total. The maximum absolute atomic E-state index is 3.60. The zero-order valence-corrected chi connectivity index (χ0v) is 12.8. The lowest BCUT2D eigenvalue weighted by atomic mass is 10.1. The molecule has 0 amide bonds. The number of nitrogens with one attached hydrogen (secondary N) is 2. The molecule has 1 unspecified atom stereocenters. The van der Waals surface area contributed by atoms with E-state index in [-0.39, 0.29) is 0 Å². The number of halogens is 1. The van der Waals surface area contributed by atoms with E-state index in [0.29, 0.717) is 12.1 Å². The Morgan fingerprint density at radius 2 is 1.88 bits per heavy atom. The zero-order chi connectivity index (χ0) is 12.8. The van der Waals surface area contributed by atoms with Crippen molar-refractivity contribution in [2.75, 3.05) is 6.54 Å². The highest BCUT2D eigenvalue weighted by molar-refractivity contribution is 9.10. The monoisotopic (exact) mass is 298 g/mol. The standard InChI is InChI=1S/C14H23BrN2/c1-10(2)16-8-12(4)17-9-13-6-5-11(3)7-14(13)15/h5-7,10,12,16-17H,8-9H2,1-4H3. The third-order valence-corrected chi connectivity index (χ3v) is 3.42.